The molecule has 0 aromatic rings. The van der Waals surface area contributed by atoms with Gasteiger partial charge in [-0.25, -0.2) is 0 Å². The van der Waals surface area contributed by atoms with E-state index in [2.05, 4.69) is 6.58 Å². The van der Waals surface area contributed by atoms with Crippen LogP contribution < -0.4 is 0 Å². The predicted octanol–water partition coefficient (Wildman–Crippen LogP) is 2.18. The molecule has 116 valence electrons. The first-order valence-electron chi connectivity index (χ1n) is 6.84. The molecule has 0 amide bonds. The van der Waals surface area contributed by atoms with Gasteiger partial charge in [-0.2, -0.15) is 0 Å². The molecule has 0 saturated carbocycles. The van der Waals surface area contributed by atoms with Crippen molar-refractivity contribution in [2.24, 2.45) is 0 Å². The summed E-state index contributed by atoms with van der Waals surface area (Å²) < 4.78 is 16.5. The molecule has 1 saturated heterocycles. The Labute approximate surface area is 120 Å². The van der Waals surface area contributed by atoms with Gasteiger partial charge < -0.3 is 19.3 Å². The summed E-state index contributed by atoms with van der Waals surface area (Å²) in [5, 5.41) is 10.6. The third-order valence-electron chi connectivity index (χ3n) is 2.97. The van der Waals surface area contributed by atoms with Crippen molar-refractivity contribution in [3.05, 3.63) is 12.7 Å². The van der Waals surface area contributed by atoms with Crippen LogP contribution in [0.1, 0.15) is 47.5 Å². The van der Waals surface area contributed by atoms with Crippen LogP contribution in [-0.4, -0.2) is 40.8 Å². The minimum Gasteiger partial charge on any atom is -0.460 e. The number of esters is 1. The van der Waals surface area contributed by atoms with E-state index < -0.39 is 29.1 Å². The molecule has 2 atom stereocenters. The first-order chi connectivity index (χ1) is 8.97. The Morgan fingerprint density at radius 1 is 1.50 bits per heavy atom. The second-order valence-electron chi connectivity index (χ2n) is 6.68. The largest absolute Gasteiger partial charge is 0.460 e. The normalized spacial score (nSPS) is 29.8. The van der Waals surface area contributed by atoms with E-state index in [0.29, 0.717) is 0 Å². The molecule has 5 nitrogen and oxygen atoms in total. The minimum atomic E-state index is -1.26. The minimum absolute atomic E-state index is 0.0194. The molecule has 20 heavy (non-hydrogen) atoms. The zero-order chi connectivity index (χ0) is 15.6. The van der Waals surface area contributed by atoms with Crippen LogP contribution in [0.3, 0.4) is 0 Å². The van der Waals surface area contributed by atoms with Gasteiger partial charge in [0.15, 0.2) is 5.79 Å². The maximum atomic E-state index is 11.9. The molecule has 0 aromatic carbocycles. The molecule has 0 bridgehead atoms. The Kier molecular flexibility index (Phi) is 5.00. The van der Waals surface area contributed by atoms with Crippen molar-refractivity contribution in [1.29, 1.82) is 0 Å². The van der Waals surface area contributed by atoms with Gasteiger partial charge in [-0.05, 0) is 41.0 Å². The van der Waals surface area contributed by atoms with E-state index in [1.807, 2.05) is 0 Å². The Morgan fingerprint density at radius 3 is 2.60 bits per heavy atom. The van der Waals surface area contributed by atoms with E-state index in [1.165, 1.54) is 0 Å². The monoisotopic (exact) mass is 286 g/mol. The van der Waals surface area contributed by atoms with Gasteiger partial charge >= 0.3 is 5.97 Å². The molecule has 0 aromatic heterocycles. The number of rotatable bonds is 4. The maximum Gasteiger partial charge on any atom is 0.309 e. The quantitative estimate of drug-likeness (QED) is 0.634. The molecule has 1 aliphatic heterocycles. The number of carbonyl (C=O) groups excluding carboxylic acids is 1. The van der Waals surface area contributed by atoms with Gasteiger partial charge in [-0.15, -0.1) is 6.58 Å². The van der Waals surface area contributed by atoms with Crippen molar-refractivity contribution in [3.63, 3.8) is 0 Å². The molecule has 1 N–H and O–H groups in total. The number of ether oxygens (including phenoxy) is 3. The summed E-state index contributed by atoms with van der Waals surface area (Å²) in [5.74, 6) is -1.23. The van der Waals surface area contributed by atoms with Gasteiger partial charge in [0.25, 0.3) is 0 Å². The van der Waals surface area contributed by atoms with Crippen LogP contribution in [0.15, 0.2) is 12.7 Å². The maximum absolute atomic E-state index is 11.9. The zero-order valence-corrected chi connectivity index (χ0v) is 13.1. The first-order valence-corrected chi connectivity index (χ1v) is 6.84. The smallest absolute Gasteiger partial charge is 0.309 e. The fraction of sp³-hybridized carbons (Fsp3) is 0.800. The van der Waals surface area contributed by atoms with Crippen molar-refractivity contribution >= 4 is 5.97 Å². The topological polar surface area (TPSA) is 65.0 Å². The summed E-state index contributed by atoms with van der Waals surface area (Å²) in [7, 11) is 0. The van der Waals surface area contributed by atoms with E-state index in [-0.39, 0.29) is 19.4 Å². The highest BCUT2D eigenvalue weighted by atomic mass is 16.7. The summed E-state index contributed by atoms with van der Waals surface area (Å²) >= 11 is 0. The molecule has 1 heterocycles. The van der Waals surface area contributed by atoms with E-state index in [0.717, 1.165) is 0 Å². The number of aliphatic hydroxyl groups is 1. The van der Waals surface area contributed by atoms with Gasteiger partial charge in [-0.3, -0.25) is 4.79 Å². The van der Waals surface area contributed by atoms with E-state index in [4.69, 9.17) is 14.2 Å². The van der Waals surface area contributed by atoms with Crippen LogP contribution in [0.25, 0.3) is 0 Å². The van der Waals surface area contributed by atoms with Crippen molar-refractivity contribution in [3.8, 4) is 0 Å². The lowest BCUT2D eigenvalue weighted by Crippen LogP contribution is -2.58. The van der Waals surface area contributed by atoms with Gasteiger partial charge in [0.05, 0.1) is 13.0 Å². The fourth-order valence-corrected chi connectivity index (χ4v) is 2.08. The third-order valence-corrected chi connectivity index (χ3v) is 2.97. The summed E-state index contributed by atoms with van der Waals surface area (Å²) in [4.78, 5) is 11.9. The Bertz CT molecular complexity index is 369. The van der Waals surface area contributed by atoms with Crippen molar-refractivity contribution in [1.82, 2.24) is 0 Å². The molecular formula is C15H26O5. The summed E-state index contributed by atoms with van der Waals surface area (Å²) in [5.41, 5.74) is -1.82. The SMILES string of the molecule is C=CC[C@@]1(O)COC(C)(C)O[C@@H]1CC(=O)OC(C)(C)C. The van der Waals surface area contributed by atoms with E-state index in [1.54, 1.807) is 40.7 Å². The second-order valence-corrected chi connectivity index (χ2v) is 6.68. The van der Waals surface area contributed by atoms with Crippen molar-refractivity contribution in [2.75, 3.05) is 6.61 Å². The Balaban J connectivity index is 2.79. The lowest BCUT2D eigenvalue weighted by molar-refractivity contribution is -0.333. The molecule has 0 unspecified atom stereocenters. The standard InChI is InChI=1S/C15H26O5/c1-7-8-15(17)10-18-14(5,6)19-11(15)9-12(16)20-13(2,3)4/h7,11,17H,1,8-10H2,2-6H3/t11-,15-/m1/s1. The van der Waals surface area contributed by atoms with Crippen molar-refractivity contribution in [2.45, 2.75) is 70.6 Å². The van der Waals surface area contributed by atoms with Gasteiger partial charge in [0, 0.05) is 0 Å². The number of hydrogen-bond donors (Lipinski definition) is 1. The van der Waals surface area contributed by atoms with Crippen molar-refractivity contribution < 1.29 is 24.1 Å². The molecular weight excluding hydrogens is 260 g/mol. The fourth-order valence-electron chi connectivity index (χ4n) is 2.08. The molecule has 0 spiro atoms. The average Bonchev–Trinajstić information content (AvgIpc) is 2.21. The lowest BCUT2D eigenvalue weighted by Gasteiger charge is -2.45. The van der Waals surface area contributed by atoms with Crippen LogP contribution in [0.2, 0.25) is 0 Å². The first kappa shape index (κ1) is 17.1. The predicted molar refractivity (Wildman–Crippen MR) is 75.1 cm³/mol. The average molecular weight is 286 g/mol. The molecule has 0 radical (unpaired) electrons. The van der Waals surface area contributed by atoms with Crippen LogP contribution in [0.5, 0.6) is 0 Å². The lowest BCUT2D eigenvalue weighted by atomic mass is 9.89. The Morgan fingerprint density at radius 2 is 2.10 bits per heavy atom. The summed E-state index contributed by atoms with van der Waals surface area (Å²) in [6.07, 6.45) is 1.18. The van der Waals surface area contributed by atoms with E-state index >= 15 is 0 Å². The summed E-state index contributed by atoms with van der Waals surface area (Å²) in [6, 6.07) is 0. The Hall–Kier alpha value is -0.910. The number of hydrogen-bond acceptors (Lipinski definition) is 5. The van der Waals surface area contributed by atoms with Crippen LogP contribution >= 0.6 is 0 Å². The zero-order valence-electron chi connectivity index (χ0n) is 13.1. The molecule has 1 fully saturated rings. The molecule has 1 aliphatic rings. The highest BCUT2D eigenvalue weighted by molar-refractivity contribution is 5.70. The molecule has 5 heteroatoms. The summed E-state index contributed by atoms with van der Waals surface area (Å²) in [6.45, 7) is 12.6. The van der Waals surface area contributed by atoms with Crippen LogP contribution in [0, 0.1) is 0 Å². The molecule has 1 rings (SSSR count). The van der Waals surface area contributed by atoms with Crippen LogP contribution in [0.4, 0.5) is 0 Å². The van der Waals surface area contributed by atoms with Gasteiger partial charge in [0.2, 0.25) is 0 Å². The molecule has 0 aliphatic carbocycles. The van der Waals surface area contributed by atoms with Crippen LogP contribution in [-0.2, 0) is 19.0 Å². The highest BCUT2D eigenvalue weighted by Crippen LogP contribution is 2.33. The van der Waals surface area contributed by atoms with Gasteiger partial charge in [0.1, 0.15) is 17.3 Å². The third kappa shape index (κ3) is 4.89. The number of carbonyl (C=O) groups is 1. The second kappa shape index (κ2) is 5.84. The van der Waals surface area contributed by atoms with E-state index in [9.17, 15) is 9.90 Å². The van der Waals surface area contributed by atoms with Gasteiger partial charge in [-0.1, -0.05) is 6.08 Å². The highest BCUT2D eigenvalue weighted by Gasteiger charge is 2.47.